The first-order valence-electron chi connectivity index (χ1n) is 12.6. The van der Waals surface area contributed by atoms with E-state index in [0.29, 0.717) is 28.0 Å². The lowest BCUT2D eigenvalue weighted by molar-refractivity contribution is 0.0724. The lowest BCUT2D eigenvalue weighted by Crippen LogP contribution is -2.35. The van der Waals surface area contributed by atoms with Gasteiger partial charge in [0.2, 0.25) is 0 Å². The highest BCUT2D eigenvalue weighted by molar-refractivity contribution is 7.90. The highest BCUT2D eigenvalue weighted by Gasteiger charge is 2.27. The standard InChI is InChI=1S/C30H27N3O3S/c1-21-12-15-24(16-13-21)37(35,36)33-28-17-14-23(30(34)32-18-5-2-6-19-32)20-27(28)31-29(33)26-11-7-9-22-8-3-4-10-25(22)26/h3-4,7-17,20H,2,5-6,18-19H2,1H3. The third kappa shape index (κ3) is 4.09. The molecule has 0 bridgehead atoms. The second-order valence-corrected chi connectivity index (χ2v) is 11.4. The van der Waals surface area contributed by atoms with E-state index in [1.165, 1.54) is 3.97 Å². The minimum Gasteiger partial charge on any atom is -0.339 e. The molecule has 6 nitrogen and oxygen atoms in total. The topological polar surface area (TPSA) is 72.3 Å². The van der Waals surface area contributed by atoms with Crippen LogP contribution in [0.2, 0.25) is 0 Å². The van der Waals surface area contributed by atoms with Gasteiger partial charge in [-0.05, 0) is 67.3 Å². The summed E-state index contributed by atoms with van der Waals surface area (Å²) in [5.74, 6) is 0.291. The zero-order chi connectivity index (χ0) is 25.6. The van der Waals surface area contributed by atoms with E-state index in [1.54, 1.807) is 42.5 Å². The number of carbonyl (C=O) groups excluding carboxylic acids is 1. The number of carbonyl (C=O) groups is 1. The maximum Gasteiger partial charge on any atom is 0.269 e. The number of aromatic nitrogens is 2. The number of aryl methyl sites for hydroxylation is 1. The Morgan fingerprint density at radius 1 is 0.838 bits per heavy atom. The van der Waals surface area contributed by atoms with Crippen molar-refractivity contribution >= 4 is 37.7 Å². The minimum absolute atomic E-state index is 0.0377. The molecule has 0 aliphatic carbocycles. The minimum atomic E-state index is -3.98. The molecule has 0 radical (unpaired) electrons. The van der Waals surface area contributed by atoms with Crippen molar-refractivity contribution < 1.29 is 13.2 Å². The average molecular weight is 510 g/mol. The van der Waals surface area contributed by atoms with Crippen molar-refractivity contribution in [2.45, 2.75) is 31.1 Å². The van der Waals surface area contributed by atoms with Gasteiger partial charge in [0.15, 0.2) is 5.82 Å². The smallest absolute Gasteiger partial charge is 0.269 e. The molecule has 0 saturated carbocycles. The summed E-state index contributed by atoms with van der Waals surface area (Å²) in [6.07, 6.45) is 3.14. The monoisotopic (exact) mass is 509 g/mol. The molecule has 0 atom stereocenters. The molecule has 0 unspecified atom stereocenters. The van der Waals surface area contributed by atoms with Gasteiger partial charge in [0.25, 0.3) is 15.9 Å². The first-order chi connectivity index (χ1) is 17.9. The molecule has 2 heterocycles. The SMILES string of the molecule is Cc1ccc(S(=O)(=O)n2c(-c3cccc4ccccc34)nc3cc(C(=O)N4CCCCC4)ccc32)cc1. The normalized spacial score (nSPS) is 14.4. The predicted molar refractivity (Wildman–Crippen MR) is 146 cm³/mol. The van der Waals surface area contributed by atoms with E-state index in [0.717, 1.165) is 48.7 Å². The van der Waals surface area contributed by atoms with Gasteiger partial charge >= 0.3 is 0 Å². The van der Waals surface area contributed by atoms with Crippen molar-refractivity contribution in [1.29, 1.82) is 0 Å². The Hall–Kier alpha value is -3.97. The van der Waals surface area contributed by atoms with E-state index >= 15 is 0 Å². The molecule has 1 amide bonds. The maximum absolute atomic E-state index is 14.1. The molecule has 5 aromatic rings. The Balaban J connectivity index is 1.59. The fraction of sp³-hybridized carbons (Fsp3) is 0.200. The molecular formula is C30H27N3O3S. The quantitative estimate of drug-likeness (QED) is 0.297. The second kappa shape index (κ2) is 9.16. The lowest BCUT2D eigenvalue weighted by atomic mass is 10.0. The molecule has 1 aliphatic heterocycles. The van der Waals surface area contributed by atoms with Crippen molar-refractivity contribution in [2.75, 3.05) is 13.1 Å². The van der Waals surface area contributed by atoms with Gasteiger partial charge < -0.3 is 4.90 Å². The van der Waals surface area contributed by atoms with Crippen LogP contribution in [0.3, 0.4) is 0 Å². The van der Waals surface area contributed by atoms with Crippen molar-refractivity contribution in [3.63, 3.8) is 0 Å². The zero-order valence-corrected chi connectivity index (χ0v) is 21.4. The third-order valence-electron chi connectivity index (χ3n) is 7.09. The van der Waals surface area contributed by atoms with Crippen LogP contribution >= 0.6 is 0 Å². The fourth-order valence-corrected chi connectivity index (χ4v) is 6.59. The number of nitrogens with zero attached hydrogens (tertiary/aromatic N) is 3. The summed E-state index contributed by atoms with van der Waals surface area (Å²) >= 11 is 0. The number of fused-ring (bicyclic) bond motifs is 2. The van der Waals surface area contributed by atoms with Crippen LogP contribution in [0.5, 0.6) is 0 Å². The van der Waals surface area contributed by atoms with Gasteiger partial charge in [0.1, 0.15) is 0 Å². The van der Waals surface area contributed by atoms with Crippen LogP contribution in [0.1, 0.15) is 35.2 Å². The summed E-state index contributed by atoms with van der Waals surface area (Å²) in [6, 6.07) is 25.6. The van der Waals surface area contributed by atoms with Crippen LogP contribution < -0.4 is 0 Å². The van der Waals surface area contributed by atoms with Crippen LogP contribution in [0.4, 0.5) is 0 Å². The van der Waals surface area contributed by atoms with Crippen molar-refractivity contribution in [1.82, 2.24) is 13.9 Å². The van der Waals surface area contributed by atoms with Crippen LogP contribution in [0.15, 0.2) is 89.8 Å². The fourth-order valence-electron chi connectivity index (χ4n) is 5.12. The molecule has 0 spiro atoms. The van der Waals surface area contributed by atoms with Gasteiger partial charge in [-0.1, -0.05) is 60.2 Å². The molecule has 1 fully saturated rings. The molecule has 1 saturated heterocycles. The number of hydrogen-bond acceptors (Lipinski definition) is 4. The van der Waals surface area contributed by atoms with E-state index in [4.69, 9.17) is 4.98 Å². The molecule has 1 aliphatic rings. The second-order valence-electron chi connectivity index (χ2n) is 9.60. The van der Waals surface area contributed by atoms with E-state index in [-0.39, 0.29) is 10.8 Å². The van der Waals surface area contributed by atoms with Gasteiger partial charge in [-0.25, -0.2) is 17.4 Å². The number of benzene rings is 4. The first kappa shape index (κ1) is 23.4. The van der Waals surface area contributed by atoms with E-state index in [9.17, 15) is 13.2 Å². The number of piperidine rings is 1. The number of hydrogen-bond donors (Lipinski definition) is 0. The van der Waals surface area contributed by atoms with Crippen LogP contribution in [0.25, 0.3) is 33.2 Å². The number of imidazole rings is 1. The Morgan fingerprint density at radius 2 is 1.57 bits per heavy atom. The lowest BCUT2D eigenvalue weighted by Gasteiger charge is -2.26. The molecule has 37 heavy (non-hydrogen) atoms. The van der Waals surface area contributed by atoms with E-state index < -0.39 is 10.0 Å². The Labute approximate surface area is 216 Å². The van der Waals surface area contributed by atoms with Gasteiger partial charge in [-0.15, -0.1) is 0 Å². The summed E-state index contributed by atoms with van der Waals surface area (Å²) < 4.78 is 29.5. The third-order valence-corrected chi connectivity index (χ3v) is 8.81. The molecule has 6 rings (SSSR count). The Morgan fingerprint density at radius 3 is 2.35 bits per heavy atom. The van der Waals surface area contributed by atoms with E-state index in [2.05, 4.69) is 0 Å². The number of amides is 1. The van der Waals surface area contributed by atoms with Gasteiger partial charge in [0, 0.05) is 24.2 Å². The first-order valence-corrected chi connectivity index (χ1v) is 14.0. The van der Waals surface area contributed by atoms with Gasteiger partial charge in [-0.2, -0.15) is 0 Å². The predicted octanol–water partition coefficient (Wildman–Crippen LogP) is 6.03. The molecule has 4 aromatic carbocycles. The summed E-state index contributed by atoms with van der Waals surface area (Å²) in [5, 5.41) is 1.90. The van der Waals surface area contributed by atoms with Crippen LogP contribution in [0, 0.1) is 6.92 Å². The maximum atomic E-state index is 14.1. The van der Waals surface area contributed by atoms with Crippen molar-refractivity contribution in [3.05, 3.63) is 96.1 Å². The molecular weight excluding hydrogens is 482 g/mol. The number of likely N-dealkylation sites (tertiary alicyclic amines) is 1. The molecule has 1 aromatic heterocycles. The number of rotatable bonds is 4. The summed E-state index contributed by atoms with van der Waals surface area (Å²) in [4.78, 5) is 20.1. The molecule has 186 valence electrons. The van der Waals surface area contributed by atoms with Crippen LogP contribution in [-0.4, -0.2) is 41.3 Å². The van der Waals surface area contributed by atoms with Crippen LogP contribution in [-0.2, 0) is 10.0 Å². The zero-order valence-electron chi connectivity index (χ0n) is 20.6. The largest absolute Gasteiger partial charge is 0.339 e. The Kier molecular flexibility index (Phi) is 5.80. The summed E-state index contributed by atoms with van der Waals surface area (Å²) in [5.41, 5.74) is 3.13. The average Bonchev–Trinajstić information content (AvgIpc) is 3.32. The highest BCUT2D eigenvalue weighted by Crippen LogP contribution is 2.34. The van der Waals surface area contributed by atoms with E-state index in [1.807, 2.05) is 54.3 Å². The van der Waals surface area contributed by atoms with Crippen molar-refractivity contribution in [3.8, 4) is 11.4 Å². The molecule has 0 N–H and O–H groups in total. The summed E-state index contributed by atoms with van der Waals surface area (Å²) in [6.45, 7) is 3.41. The van der Waals surface area contributed by atoms with Crippen molar-refractivity contribution in [2.24, 2.45) is 0 Å². The molecule has 7 heteroatoms. The Bertz CT molecular complexity index is 1740. The van der Waals surface area contributed by atoms with Gasteiger partial charge in [-0.3, -0.25) is 4.79 Å². The summed E-state index contributed by atoms with van der Waals surface area (Å²) in [7, 11) is -3.98. The van der Waals surface area contributed by atoms with Gasteiger partial charge in [0.05, 0.1) is 15.9 Å². The highest BCUT2D eigenvalue weighted by atomic mass is 32.2.